The molecule has 0 radical (unpaired) electrons. The molecule has 2 fully saturated rings. The van der Waals surface area contributed by atoms with Gasteiger partial charge in [0.15, 0.2) is 29.4 Å². The Balaban J connectivity index is 1.28. The number of aromatic nitrogens is 6. The Labute approximate surface area is 222 Å². The molecule has 2 aliphatic rings. The molecule has 3 aromatic rings. The largest absolute Gasteiger partial charge is 0.472 e. The number of hydrogen-bond acceptors (Lipinski definition) is 16. The lowest BCUT2D eigenvalue weighted by molar-refractivity contribution is -0.0590. The van der Waals surface area contributed by atoms with Crippen LogP contribution in [0, 0.1) is 0 Å². The fourth-order valence-electron chi connectivity index (χ4n) is 4.48. The number of imidazole rings is 1. The molecule has 0 saturated carbocycles. The highest BCUT2D eigenvalue weighted by Gasteiger charge is 2.50. The number of anilines is 2. The maximum Gasteiger partial charge on any atom is 0.472 e. The molecule has 3 aromatic heterocycles. The average Bonchev–Trinajstić information content (AvgIpc) is 3.49. The van der Waals surface area contributed by atoms with Gasteiger partial charge in [-0.05, 0) is 0 Å². The molecule has 5 rings (SSSR count). The van der Waals surface area contributed by atoms with E-state index in [0.29, 0.717) is 0 Å². The zero-order valence-corrected chi connectivity index (χ0v) is 21.1. The van der Waals surface area contributed by atoms with E-state index in [9.17, 15) is 39.5 Å². The first kappa shape index (κ1) is 28.2. The van der Waals surface area contributed by atoms with E-state index >= 15 is 0 Å². The molecule has 0 bridgehead atoms. The molecule has 0 amide bonds. The van der Waals surface area contributed by atoms with E-state index in [1.54, 1.807) is 0 Å². The fourth-order valence-corrected chi connectivity index (χ4v) is 5.44. The zero-order chi connectivity index (χ0) is 28.9. The molecular formula is C19H25N8O12P. The zero-order valence-electron chi connectivity index (χ0n) is 20.2. The van der Waals surface area contributed by atoms with E-state index in [4.69, 9.17) is 30.0 Å². The topological polar surface area (TPSA) is 306 Å². The quantitative estimate of drug-likeness (QED) is 0.116. The SMILES string of the molecule is Nc1ncnc2c1nc(N)n2[C@@H]1O[C@H](COP(=O)(O)O[C@H]2[C@@H](O)[C@H](n3ccc(=O)[nH]c3=O)O[C@@H]2CO)[C@@H](O)[C@H]1O. The Bertz CT molecular complexity index is 1560. The van der Waals surface area contributed by atoms with Crippen LogP contribution in [0.5, 0.6) is 0 Å². The standard InChI is InChI=1S/C19H25N8O12P/c20-14-9-15(23-5-22-14)27(18(21)25-9)17-11(31)10(30)7(38-17)4-36-40(34,35)39-13-6(3-28)37-16(12(13)32)26-2-1-8(29)24-19(26)33/h1-2,5-7,10-13,16-17,28,30-32H,3-4H2,(H2,21,25)(H,34,35)(H2,20,22,23)(H,24,29,33)/t6-,7-,10-,11-,12-,13-,16-,17-/m1/s1. The summed E-state index contributed by atoms with van der Waals surface area (Å²) in [5.41, 5.74) is 10.3. The van der Waals surface area contributed by atoms with E-state index in [0.717, 1.165) is 27.7 Å². The molecule has 0 aromatic carbocycles. The Morgan fingerprint density at radius 1 is 1.07 bits per heavy atom. The molecule has 218 valence electrons. The summed E-state index contributed by atoms with van der Waals surface area (Å²) in [6, 6.07) is 0.983. The molecule has 10 N–H and O–H groups in total. The number of aliphatic hydroxyl groups is 4. The summed E-state index contributed by atoms with van der Waals surface area (Å²) in [7, 11) is -5.05. The van der Waals surface area contributed by atoms with Gasteiger partial charge >= 0.3 is 13.5 Å². The second-order valence-electron chi connectivity index (χ2n) is 8.91. The van der Waals surface area contributed by atoms with Crippen LogP contribution in [0.4, 0.5) is 11.8 Å². The van der Waals surface area contributed by atoms with E-state index in [-0.39, 0.29) is 22.9 Å². The van der Waals surface area contributed by atoms with Crippen molar-refractivity contribution in [2.24, 2.45) is 0 Å². The number of hydrogen-bond donors (Lipinski definition) is 8. The molecule has 5 heterocycles. The smallest absolute Gasteiger partial charge is 0.394 e. The number of aliphatic hydroxyl groups excluding tert-OH is 4. The monoisotopic (exact) mass is 588 g/mol. The van der Waals surface area contributed by atoms with Gasteiger partial charge in [0.2, 0.25) is 5.95 Å². The van der Waals surface area contributed by atoms with E-state index in [1.165, 1.54) is 0 Å². The number of nitrogen functional groups attached to an aromatic ring is 2. The number of aromatic amines is 1. The van der Waals surface area contributed by atoms with Crippen LogP contribution in [0.25, 0.3) is 11.2 Å². The third-order valence-electron chi connectivity index (χ3n) is 6.40. The van der Waals surface area contributed by atoms with Crippen molar-refractivity contribution in [3.05, 3.63) is 39.4 Å². The lowest BCUT2D eigenvalue weighted by Crippen LogP contribution is -2.39. The number of nitrogens with zero attached hydrogens (tertiary/aromatic N) is 5. The Morgan fingerprint density at radius 3 is 2.50 bits per heavy atom. The van der Waals surface area contributed by atoms with Crippen LogP contribution >= 0.6 is 7.82 Å². The number of fused-ring (bicyclic) bond motifs is 1. The maximum absolute atomic E-state index is 12.7. The van der Waals surface area contributed by atoms with Crippen LogP contribution in [0.2, 0.25) is 0 Å². The first-order valence-electron chi connectivity index (χ1n) is 11.6. The summed E-state index contributed by atoms with van der Waals surface area (Å²) in [6.45, 7) is -1.58. The van der Waals surface area contributed by atoms with Crippen molar-refractivity contribution in [2.75, 3.05) is 24.7 Å². The maximum atomic E-state index is 12.7. The minimum absolute atomic E-state index is 0.00802. The number of phosphoric ester groups is 1. The average molecular weight is 588 g/mol. The van der Waals surface area contributed by atoms with Crippen LogP contribution in [0.15, 0.2) is 28.2 Å². The van der Waals surface area contributed by atoms with Crippen LogP contribution in [0.3, 0.4) is 0 Å². The predicted octanol–water partition coefficient (Wildman–Crippen LogP) is -4.09. The fraction of sp³-hybridized carbons (Fsp3) is 0.526. The number of ether oxygens (including phenoxy) is 2. The minimum atomic E-state index is -5.05. The normalized spacial score (nSPS) is 32.0. The summed E-state index contributed by atoms with van der Waals surface area (Å²) >= 11 is 0. The van der Waals surface area contributed by atoms with Gasteiger partial charge in [-0.15, -0.1) is 0 Å². The highest BCUT2D eigenvalue weighted by Crippen LogP contribution is 2.49. The van der Waals surface area contributed by atoms with Gasteiger partial charge in [-0.2, -0.15) is 0 Å². The number of nitrogens with one attached hydrogen (secondary N) is 1. The van der Waals surface area contributed by atoms with Crippen molar-refractivity contribution < 1.29 is 48.4 Å². The van der Waals surface area contributed by atoms with E-state index < -0.39 is 81.4 Å². The van der Waals surface area contributed by atoms with Crippen LogP contribution in [-0.4, -0.2) is 104 Å². The molecule has 0 spiro atoms. The van der Waals surface area contributed by atoms with Gasteiger partial charge in [0, 0.05) is 12.3 Å². The first-order chi connectivity index (χ1) is 18.9. The molecule has 20 nitrogen and oxygen atoms in total. The Hall–Kier alpha value is -3.30. The van der Waals surface area contributed by atoms with Crippen LogP contribution in [-0.2, 0) is 23.1 Å². The number of rotatable bonds is 8. The molecule has 0 aliphatic carbocycles. The van der Waals surface area contributed by atoms with Crippen LogP contribution in [0.1, 0.15) is 12.5 Å². The lowest BCUT2D eigenvalue weighted by Gasteiger charge is -2.23. The highest BCUT2D eigenvalue weighted by atomic mass is 31.2. The lowest BCUT2D eigenvalue weighted by atomic mass is 10.1. The number of H-pyrrole nitrogens is 1. The van der Waals surface area contributed by atoms with Crippen molar-refractivity contribution in [1.82, 2.24) is 29.1 Å². The summed E-state index contributed by atoms with van der Waals surface area (Å²) < 4.78 is 35.7. The molecule has 9 atom stereocenters. The van der Waals surface area contributed by atoms with E-state index in [1.807, 2.05) is 4.98 Å². The van der Waals surface area contributed by atoms with Gasteiger partial charge < -0.3 is 46.3 Å². The summed E-state index contributed by atoms with van der Waals surface area (Å²) in [5.74, 6) is -0.161. The Kier molecular flexibility index (Phi) is 7.48. The van der Waals surface area contributed by atoms with Gasteiger partial charge in [0.1, 0.15) is 43.0 Å². The number of nitrogens with two attached hydrogens (primary N) is 2. The highest BCUT2D eigenvalue weighted by molar-refractivity contribution is 7.47. The van der Waals surface area contributed by atoms with Gasteiger partial charge in [-0.25, -0.2) is 24.3 Å². The van der Waals surface area contributed by atoms with Crippen molar-refractivity contribution >= 4 is 30.8 Å². The minimum Gasteiger partial charge on any atom is -0.394 e. The summed E-state index contributed by atoms with van der Waals surface area (Å²) in [5, 5.41) is 41.4. The van der Waals surface area contributed by atoms with Crippen molar-refractivity contribution in [2.45, 2.75) is 49.1 Å². The van der Waals surface area contributed by atoms with Crippen LogP contribution < -0.4 is 22.7 Å². The van der Waals surface area contributed by atoms with Gasteiger partial charge in [-0.1, -0.05) is 0 Å². The molecule has 40 heavy (non-hydrogen) atoms. The number of phosphoric acid groups is 1. The summed E-state index contributed by atoms with van der Waals surface area (Å²) in [6.07, 6.45) is -10.1. The molecule has 2 aliphatic heterocycles. The molecule has 1 unspecified atom stereocenters. The van der Waals surface area contributed by atoms with E-state index in [2.05, 4.69) is 15.0 Å². The third-order valence-corrected chi connectivity index (χ3v) is 7.38. The van der Waals surface area contributed by atoms with Gasteiger partial charge in [0.05, 0.1) is 13.2 Å². The second-order valence-corrected chi connectivity index (χ2v) is 10.3. The van der Waals surface area contributed by atoms with Gasteiger partial charge in [0.25, 0.3) is 5.56 Å². The third kappa shape index (κ3) is 5.01. The van der Waals surface area contributed by atoms with Gasteiger partial charge in [-0.3, -0.25) is 28.0 Å². The molecule has 2 saturated heterocycles. The van der Waals surface area contributed by atoms with Crippen molar-refractivity contribution in [1.29, 1.82) is 0 Å². The predicted molar refractivity (Wildman–Crippen MR) is 129 cm³/mol. The Morgan fingerprint density at radius 2 is 1.80 bits per heavy atom. The second kappa shape index (κ2) is 10.6. The summed E-state index contributed by atoms with van der Waals surface area (Å²) in [4.78, 5) is 47.5. The molecular weight excluding hydrogens is 563 g/mol. The first-order valence-corrected chi connectivity index (χ1v) is 13.1. The molecule has 21 heteroatoms. The van der Waals surface area contributed by atoms with Crippen molar-refractivity contribution in [3.8, 4) is 0 Å². The van der Waals surface area contributed by atoms with Crippen molar-refractivity contribution in [3.63, 3.8) is 0 Å².